The zero-order valence-corrected chi connectivity index (χ0v) is 26.6. The Morgan fingerprint density at radius 3 is 2.51 bits per heavy atom. The van der Waals surface area contributed by atoms with Crippen LogP contribution in [0.5, 0.6) is 11.5 Å². The van der Waals surface area contributed by atoms with Crippen LogP contribution in [-0.4, -0.2) is 68.9 Å². The molecule has 0 fully saturated rings. The Hall–Kier alpha value is -5.75. The third-order valence-electron chi connectivity index (χ3n) is 8.81. The number of H-pyrrole nitrogens is 1. The number of rotatable bonds is 11. The Morgan fingerprint density at radius 1 is 0.980 bits per heavy atom. The van der Waals surface area contributed by atoms with Crippen LogP contribution in [0.15, 0.2) is 108 Å². The second kappa shape index (κ2) is 13.8. The molecule has 49 heavy (non-hydrogen) atoms. The Morgan fingerprint density at radius 2 is 1.76 bits per heavy atom. The molecule has 1 aliphatic rings. The maximum Gasteiger partial charge on any atom is 0.345 e. The number of benzene rings is 4. The van der Waals surface area contributed by atoms with Crippen molar-refractivity contribution < 1.29 is 34.8 Å². The van der Waals surface area contributed by atoms with Crippen LogP contribution in [0.25, 0.3) is 16.5 Å². The number of phenolic OH excluding ortho intramolecular Hbond substituents is 1. The van der Waals surface area contributed by atoms with Crippen molar-refractivity contribution in [3.05, 3.63) is 147 Å². The van der Waals surface area contributed by atoms with E-state index in [2.05, 4.69) is 10.3 Å². The smallest absolute Gasteiger partial charge is 0.345 e. The van der Waals surface area contributed by atoms with Crippen molar-refractivity contribution in [1.29, 1.82) is 0 Å². The maximum absolute atomic E-state index is 13.5. The number of hydrogen-bond acceptors (Lipinski definition) is 8. The van der Waals surface area contributed by atoms with Crippen LogP contribution in [0.3, 0.4) is 0 Å². The van der Waals surface area contributed by atoms with E-state index in [0.29, 0.717) is 47.5 Å². The highest BCUT2D eigenvalue weighted by molar-refractivity contribution is 5.97. The number of carboxylic acid groups (broad SMARTS) is 1. The summed E-state index contributed by atoms with van der Waals surface area (Å²) in [4.78, 5) is 41.8. The minimum Gasteiger partial charge on any atom is -0.506 e. The number of aromatic hydroxyl groups is 1. The maximum atomic E-state index is 13.5. The molecule has 0 spiro atoms. The molecule has 0 saturated carbocycles. The first-order valence-corrected chi connectivity index (χ1v) is 15.6. The Bertz CT molecular complexity index is 2130. The topological polar surface area (TPSA) is 172 Å². The molecule has 4 aromatic carbocycles. The number of carbonyl (C=O) groups excluding carboxylic acids is 1. The first kappa shape index (κ1) is 33.2. The average Bonchev–Trinajstić information content (AvgIpc) is 3.62. The van der Waals surface area contributed by atoms with Gasteiger partial charge in [-0.2, -0.15) is 0 Å². The van der Waals surface area contributed by atoms with Gasteiger partial charge in [0.15, 0.2) is 0 Å². The molecule has 1 amide bonds. The third kappa shape index (κ3) is 6.55. The first-order valence-electron chi connectivity index (χ1n) is 15.6. The summed E-state index contributed by atoms with van der Waals surface area (Å²) in [5.41, 5.74) is 1.39. The van der Waals surface area contributed by atoms with Gasteiger partial charge in [0.1, 0.15) is 11.5 Å². The number of aromatic amines is 1. The molecule has 2 atom stereocenters. The van der Waals surface area contributed by atoms with Crippen molar-refractivity contribution in [3.63, 3.8) is 0 Å². The van der Waals surface area contributed by atoms with Gasteiger partial charge in [-0.3, -0.25) is 9.59 Å². The second-order valence-corrected chi connectivity index (χ2v) is 11.8. The predicted molar refractivity (Wildman–Crippen MR) is 183 cm³/mol. The molecule has 5 aromatic rings. The van der Waals surface area contributed by atoms with Gasteiger partial charge in [0.2, 0.25) is 11.2 Å². The van der Waals surface area contributed by atoms with Gasteiger partial charge in [0, 0.05) is 54.3 Å². The molecule has 2 heterocycles. The van der Waals surface area contributed by atoms with Crippen LogP contribution in [0.1, 0.15) is 44.3 Å². The molecule has 6 rings (SSSR count). The number of aliphatic hydroxyl groups excluding tert-OH is 1. The molecule has 6 N–H and O–H groups in total. The number of nitrogens with zero attached hydrogens (tertiary/aromatic N) is 1. The van der Waals surface area contributed by atoms with Crippen molar-refractivity contribution in [2.24, 2.45) is 0 Å². The van der Waals surface area contributed by atoms with Crippen molar-refractivity contribution in [2.45, 2.75) is 18.2 Å². The van der Waals surface area contributed by atoms with Crippen molar-refractivity contribution in [2.75, 3.05) is 26.7 Å². The zero-order chi connectivity index (χ0) is 34.7. The molecule has 0 radical (unpaired) electrons. The number of amides is 1. The monoisotopic (exact) mass is 661 g/mol. The fourth-order valence-electron chi connectivity index (χ4n) is 6.17. The van der Waals surface area contributed by atoms with Crippen LogP contribution < -0.4 is 15.6 Å². The van der Waals surface area contributed by atoms with Gasteiger partial charge in [0.05, 0.1) is 18.7 Å². The lowest BCUT2D eigenvalue weighted by molar-refractivity contribution is -0.155. The minimum absolute atomic E-state index is 0.0848. The molecular weight excluding hydrogens is 626 g/mol. The summed E-state index contributed by atoms with van der Waals surface area (Å²) >= 11 is 0. The Labute approximate surface area is 281 Å². The molecule has 0 saturated heterocycles. The van der Waals surface area contributed by atoms with E-state index < -0.39 is 17.7 Å². The van der Waals surface area contributed by atoms with Crippen molar-refractivity contribution in [1.82, 2.24) is 15.2 Å². The summed E-state index contributed by atoms with van der Waals surface area (Å²) in [7, 11) is 1.52. The zero-order valence-electron chi connectivity index (χ0n) is 26.6. The first-order chi connectivity index (χ1) is 23.6. The molecule has 11 nitrogen and oxygen atoms in total. The van der Waals surface area contributed by atoms with Gasteiger partial charge in [-0.25, -0.2) is 4.79 Å². The molecule has 0 unspecified atom stereocenters. The van der Waals surface area contributed by atoms with Gasteiger partial charge in [-0.05, 0) is 52.6 Å². The largest absolute Gasteiger partial charge is 0.506 e. The van der Waals surface area contributed by atoms with E-state index in [1.807, 2.05) is 12.1 Å². The van der Waals surface area contributed by atoms with E-state index in [4.69, 9.17) is 4.74 Å². The standard InChI is InChI=1S/C38H35N3O8/c1-49-33-19-24(10-11-25(33)20-39-21-32(43)29-12-14-31(42)35-30(29)13-15-34(44)40-35)36(45)41-17-16-26(22-41)23-6-5-9-28(18-23)38(48,37(46)47)27-7-3-2-4-8-27/h2-16,18-19,32,39,42-43,48H,17,20-22H2,1H3,(H,40,44)(H,46,47)/t32-,38-/m0/s1. The summed E-state index contributed by atoms with van der Waals surface area (Å²) < 4.78 is 5.59. The fraction of sp³-hybridized carbons (Fsp3) is 0.184. The molecule has 1 aliphatic heterocycles. The van der Waals surface area contributed by atoms with E-state index in [0.717, 1.165) is 11.1 Å². The lowest BCUT2D eigenvalue weighted by Gasteiger charge is -2.25. The van der Waals surface area contributed by atoms with E-state index in [-0.39, 0.29) is 40.4 Å². The van der Waals surface area contributed by atoms with E-state index >= 15 is 0 Å². The molecular formula is C38H35N3O8. The summed E-state index contributed by atoms with van der Waals surface area (Å²) in [5.74, 6) is -1.19. The van der Waals surface area contributed by atoms with Crippen LogP contribution in [0.4, 0.5) is 0 Å². The number of fused-ring (bicyclic) bond motifs is 1. The quantitative estimate of drug-likeness (QED) is 0.123. The SMILES string of the molecule is COc1cc(C(=O)N2CC=C(c3cccc([C@](O)(C(=O)O)c4ccccc4)c3)C2)ccc1CNC[C@H](O)c1ccc(O)c2[nH]c(=O)ccc12. The van der Waals surface area contributed by atoms with Gasteiger partial charge in [-0.15, -0.1) is 0 Å². The number of aliphatic hydroxyl groups is 2. The van der Waals surface area contributed by atoms with Gasteiger partial charge < -0.3 is 40.4 Å². The van der Waals surface area contributed by atoms with E-state index in [1.165, 1.54) is 19.2 Å². The molecule has 1 aromatic heterocycles. The van der Waals surface area contributed by atoms with Crippen LogP contribution in [0, 0.1) is 0 Å². The van der Waals surface area contributed by atoms with E-state index in [9.17, 15) is 34.8 Å². The summed E-state index contributed by atoms with van der Waals surface area (Å²) in [6.45, 7) is 1.15. The van der Waals surface area contributed by atoms with E-state index in [1.54, 1.807) is 83.8 Å². The van der Waals surface area contributed by atoms with Crippen LogP contribution >= 0.6 is 0 Å². The highest BCUT2D eigenvalue weighted by atomic mass is 16.5. The molecule has 0 bridgehead atoms. The number of pyridine rings is 1. The van der Waals surface area contributed by atoms with Crippen LogP contribution in [0.2, 0.25) is 0 Å². The average molecular weight is 662 g/mol. The highest BCUT2D eigenvalue weighted by Crippen LogP contribution is 2.33. The highest BCUT2D eigenvalue weighted by Gasteiger charge is 2.40. The number of aromatic nitrogens is 1. The number of ether oxygens (including phenoxy) is 1. The number of hydrogen-bond donors (Lipinski definition) is 6. The summed E-state index contributed by atoms with van der Waals surface area (Å²) in [6, 6.07) is 26.1. The number of phenols is 1. The number of carbonyl (C=O) groups is 2. The summed E-state index contributed by atoms with van der Waals surface area (Å²) in [6.07, 6.45) is 0.976. The lowest BCUT2D eigenvalue weighted by Crippen LogP contribution is -2.36. The molecule has 250 valence electrons. The summed E-state index contributed by atoms with van der Waals surface area (Å²) in [5, 5.41) is 46.1. The number of methoxy groups -OCH3 is 1. The van der Waals surface area contributed by atoms with Gasteiger partial charge in [0.25, 0.3) is 5.91 Å². The third-order valence-corrected chi connectivity index (χ3v) is 8.81. The van der Waals surface area contributed by atoms with Gasteiger partial charge >= 0.3 is 5.97 Å². The Balaban J connectivity index is 1.11. The minimum atomic E-state index is -2.24. The van der Waals surface area contributed by atoms with Crippen LogP contribution in [-0.2, 0) is 16.9 Å². The normalized spacial score (nSPS) is 14.7. The fourth-order valence-corrected chi connectivity index (χ4v) is 6.17. The van der Waals surface area contributed by atoms with Gasteiger partial charge in [-0.1, -0.05) is 66.7 Å². The molecule has 0 aliphatic carbocycles. The van der Waals surface area contributed by atoms with Crippen molar-refractivity contribution >= 4 is 28.4 Å². The lowest BCUT2D eigenvalue weighted by atomic mass is 9.85. The predicted octanol–water partition coefficient (Wildman–Crippen LogP) is 3.93. The Kier molecular flexibility index (Phi) is 9.32. The number of carboxylic acids is 1. The molecule has 11 heteroatoms. The van der Waals surface area contributed by atoms with Crippen molar-refractivity contribution in [3.8, 4) is 11.5 Å². The number of aliphatic carboxylic acids is 1. The number of nitrogens with one attached hydrogen (secondary N) is 2. The second-order valence-electron chi connectivity index (χ2n) is 11.8.